The maximum atomic E-state index is 11.9. The van der Waals surface area contributed by atoms with E-state index < -0.39 is 15.6 Å². The second-order valence-electron chi connectivity index (χ2n) is 5.68. The molecule has 0 aliphatic heterocycles. The number of aliphatic hydroxyl groups is 1. The van der Waals surface area contributed by atoms with E-state index in [0.717, 1.165) is 44.9 Å². The Hall–Kier alpha value is -0.130. The number of hydrogen-bond acceptors (Lipinski definition) is 3. The highest BCUT2D eigenvalue weighted by molar-refractivity contribution is 7.89. The minimum Gasteiger partial charge on any atom is -0.389 e. The van der Waals surface area contributed by atoms with Gasteiger partial charge in [0.15, 0.2) is 0 Å². The Bertz CT molecular complexity index is 343. The molecule has 0 aromatic heterocycles. The Morgan fingerprint density at radius 1 is 1.12 bits per heavy atom. The van der Waals surface area contributed by atoms with Crippen LogP contribution in [-0.4, -0.2) is 31.4 Å². The molecule has 0 bridgehead atoms. The summed E-state index contributed by atoms with van der Waals surface area (Å²) in [5.41, 5.74) is -0.764. The molecule has 2 rings (SSSR count). The molecule has 0 heterocycles. The van der Waals surface area contributed by atoms with E-state index in [1.807, 2.05) is 0 Å². The molecule has 4 nitrogen and oxygen atoms in total. The van der Waals surface area contributed by atoms with E-state index in [1.54, 1.807) is 0 Å². The third kappa shape index (κ3) is 3.93. The van der Waals surface area contributed by atoms with Crippen LogP contribution in [0.4, 0.5) is 0 Å². The first-order chi connectivity index (χ1) is 7.99. The second kappa shape index (κ2) is 5.24. The molecule has 100 valence electrons. The Kier molecular flexibility index (Phi) is 4.10. The summed E-state index contributed by atoms with van der Waals surface area (Å²) in [5, 5.41) is 9.85. The van der Waals surface area contributed by atoms with Crippen molar-refractivity contribution in [3.8, 4) is 0 Å². The second-order valence-corrected chi connectivity index (χ2v) is 7.54. The molecular weight excluding hydrogens is 238 g/mol. The fourth-order valence-corrected chi connectivity index (χ4v) is 4.29. The van der Waals surface area contributed by atoms with Gasteiger partial charge in [0, 0.05) is 6.54 Å². The van der Waals surface area contributed by atoms with E-state index >= 15 is 0 Å². The van der Waals surface area contributed by atoms with Crippen molar-refractivity contribution in [2.24, 2.45) is 5.92 Å². The summed E-state index contributed by atoms with van der Waals surface area (Å²) in [6.45, 7) is 0.196. The van der Waals surface area contributed by atoms with Crippen LogP contribution in [0, 0.1) is 5.92 Å². The van der Waals surface area contributed by atoms with E-state index in [4.69, 9.17) is 0 Å². The predicted octanol–water partition coefficient (Wildman–Crippen LogP) is 1.40. The van der Waals surface area contributed by atoms with Crippen molar-refractivity contribution >= 4 is 10.0 Å². The van der Waals surface area contributed by atoms with Gasteiger partial charge in [0.1, 0.15) is 0 Å². The highest BCUT2D eigenvalue weighted by Gasteiger charge is 2.35. The average Bonchev–Trinajstić information content (AvgIpc) is 2.25. The van der Waals surface area contributed by atoms with Crippen molar-refractivity contribution in [3.63, 3.8) is 0 Å². The first-order valence-corrected chi connectivity index (χ1v) is 8.34. The van der Waals surface area contributed by atoms with Gasteiger partial charge in [0.25, 0.3) is 0 Å². The van der Waals surface area contributed by atoms with Crippen molar-refractivity contribution in [1.82, 2.24) is 4.72 Å². The number of rotatable bonds is 5. The number of hydrogen-bond donors (Lipinski definition) is 2. The van der Waals surface area contributed by atoms with Crippen LogP contribution in [0.15, 0.2) is 0 Å². The van der Waals surface area contributed by atoms with Crippen LogP contribution in [0.2, 0.25) is 0 Å². The summed E-state index contributed by atoms with van der Waals surface area (Å²) in [6, 6.07) is 0. The van der Waals surface area contributed by atoms with Crippen LogP contribution in [0.25, 0.3) is 0 Å². The van der Waals surface area contributed by atoms with Gasteiger partial charge in [-0.05, 0) is 38.0 Å². The summed E-state index contributed by atoms with van der Waals surface area (Å²) in [7, 11) is -3.20. The topological polar surface area (TPSA) is 66.4 Å². The molecule has 17 heavy (non-hydrogen) atoms. The smallest absolute Gasteiger partial charge is 0.211 e. The molecule has 0 atom stereocenters. The number of sulfonamides is 1. The van der Waals surface area contributed by atoms with Crippen molar-refractivity contribution in [2.75, 3.05) is 12.3 Å². The lowest BCUT2D eigenvalue weighted by Crippen LogP contribution is -2.48. The Labute approximate surface area is 104 Å². The molecule has 0 saturated heterocycles. The molecule has 0 aromatic rings. The minimum atomic E-state index is -3.20. The van der Waals surface area contributed by atoms with Crippen LogP contribution < -0.4 is 4.72 Å². The number of nitrogens with one attached hydrogen (secondary N) is 1. The predicted molar refractivity (Wildman–Crippen MR) is 67.2 cm³/mol. The van der Waals surface area contributed by atoms with Gasteiger partial charge < -0.3 is 5.11 Å². The van der Waals surface area contributed by atoms with Crippen LogP contribution >= 0.6 is 0 Å². The zero-order valence-corrected chi connectivity index (χ0v) is 11.1. The Morgan fingerprint density at radius 3 is 2.29 bits per heavy atom. The monoisotopic (exact) mass is 261 g/mol. The van der Waals surface area contributed by atoms with Gasteiger partial charge in [0.2, 0.25) is 10.0 Å². The van der Waals surface area contributed by atoms with Crippen LogP contribution in [0.3, 0.4) is 0 Å². The molecule has 0 unspecified atom stereocenters. The summed E-state index contributed by atoms with van der Waals surface area (Å²) in [6.07, 6.45) is 8.06. The summed E-state index contributed by atoms with van der Waals surface area (Å²) in [5.74, 6) is 0.556. The SMILES string of the molecule is O=S(=O)(CC1CCCCC1)NCC1(O)CCC1. The highest BCUT2D eigenvalue weighted by atomic mass is 32.2. The van der Waals surface area contributed by atoms with E-state index in [2.05, 4.69) is 4.72 Å². The molecule has 0 aromatic carbocycles. The van der Waals surface area contributed by atoms with Gasteiger partial charge in [-0.2, -0.15) is 0 Å². The van der Waals surface area contributed by atoms with Gasteiger partial charge in [-0.15, -0.1) is 0 Å². The molecule has 0 amide bonds. The molecule has 0 radical (unpaired) electrons. The highest BCUT2D eigenvalue weighted by Crippen LogP contribution is 2.31. The van der Waals surface area contributed by atoms with Gasteiger partial charge in [-0.25, -0.2) is 13.1 Å². The summed E-state index contributed by atoms with van der Waals surface area (Å²) >= 11 is 0. The molecule has 2 aliphatic carbocycles. The lowest BCUT2D eigenvalue weighted by Gasteiger charge is -2.36. The van der Waals surface area contributed by atoms with Crippen molar-refractivity contribution < 1.29 is 13.5 Å². The summed E-state index contributed by atoms with van der Waals surface area (Å²) in [4.78, 5) is 0. The summed E-state index contributed by atoms with van der Waals surface area (Å²) < 4.78 is 26.3. The van der Waals surface area contributed by atoms with Gasteiger partial charge in [0.05, 0.1) is 11.4 Å². The van der Waals surface area contributed by atoms with E-state index in [1.165, 1.54) is 6.42 Å². The molecular formula is C12H23NO3S. The van der Waals surface area contributed by atoms with Gasteiger partial charge >= 0.3 is 0 Å². The molecule has 2 N–H and O–H groups in total. The quantitative estimate of drug-likeness (QED) is 0.786. The molecule has 2 saturated carbocycles. The Morgan fingerprint density at radius 2 is 1.76 bits per heavy atom. The Balaban J connectivity index is 1.77. The van der Waals surface area contributed by atoms with Crippen molar-refractivity contribution in [1.29, 1.82) is 0 Å². The largest absolute Gasteiger partial charge is 0.389 e. The van der Waals surface area contributed by atoms with Gasteiger partial charge in [-0.1, -0.05) is 19.3 Å². The lowest BCUT2D eigenvalue weighted by molar-refractivity contribution is -0.0271. The fraction of sp³-hybridized carbons (Fsp3) is 1.00. The molecule has 2 aliphatic rings. The third-order valence-corrected chi connectivity index (χ3v) is 5.58. The normalized spacial score (nSPS) is 25.5. The molecule has 5 heteroatoms. The van der Waals surface area contributed by atoms with E-state index in [9.17, 15) is 13.5 Å². The average molecular weight is 261 g/mol. The van der Waals surface area contributed by atoms with Gasteiger partial charge in [-0.3, -0.25) is 0 Å². The standard InChI is InChI=1S/C12H23NO3S/c14-12(7-4-8-12)10-13-17(15,16)9-11-5-2-1-3-6-11/h11,13-14H,1-10H2. The van der Waals surface area contributed by atoms with E-state index in [-0.39, 0.29) is 12.3 Å². The molecule has 0 spiro atoms. The first kappa shape index (κ1) is 13.3. The first-order valence-electron chi connectivity index (χ1n) is 6.69. The van der Waals surface area contributed by atoms with Crippen LogP contribution in [0.1, 0.15) is 51.4 Å². The maximum Gasteiger partial charge on any atom is 0.211 e. The third-order valence-electron chi connectivity index (χ3n) is 4.09. The zero-order valence-electron chi connectivity index (χ0n) is 10.3. The van der Waals surface area contributed by atoms with Crippen LogP contribution in [0.5, 0.6) is 0 Å². The van der Waals surface area contributed by atoms with Crippen molar-refractivity contribution in [2.45, 2.75) is 57.0 Å². The lowest BCUT2D eigenvalue weighted by atomic mass is 9.81. The van der Waals surface area contributed by atoms with Crippen molar-refractivity contribution in [3.05, 3.63) is 0 Å². The fourth-order valence-electron chi connectivity index (χ4n) is 2.73. The molecule has 2 fully saturated rings. The maximum absolute atomic E-state index is 11.9. The van der Waals surface area contributed by atoms with E-state index in [0.29, 0.717) is 5.92 Å². The zero-order chi connectivity index (χ0) is 12.4. The van der Waals surface area contributed by atoms with Crippen LogP contribution in [-0.2, 0) is 10.0 Å². The minimum absolute atomic E-state index is 0.196.